The van der Waals surface area contributed by atoms with Crippen molar-refractivity contribution in [3.63, 3.8) is 0 Å². The van der Waals surface area contributed by atoms with Crippen molar-refractivity contribution in [1.82, 2.24) is 4.98 Å². The molecule has 5 heteroatoms. The summed E-state index contributed by atoms with van der Waals surface area (Å²) in [4.78, 5) is 14.5. The molecule has 0 fully saturated rings. The summed E-state index contributed by atoms with van der Waals surface area (Å²) in [7, 11) is 0. The quantitative estimate of drug-likeness (QED) is 0.880. The summed E-state index contributed by atoms with van der Waals surface area (Å²) in [5.74, 6) is -0.827. The fourth-order valence-corrected chi connectivity index (χ4v) is 1.44. The molecule has 2 rings (SSSR count). The van der Waals surface area contributed by atoms with Gasteiger partial charge >= 0.3 is 5.97 Å². The number of halogens is 1. The van der Waals surface area contributed by atoms with Gasteiger partial charge in [-0.2, -0.15) is 0 Å². The predicted molar refractivity (Wildman–Crippen MR) is 57.0 cm³/mol. The van der Waals surface area contributed by atoms with E-state index in [2.05, 4.69) is 4.98 Å². The molecule has 0 unspecified atom stereocenters. The van der Waals surface area contributed by atoms with Crippen LogP contribution in [0.25, 0.3) is 0 Å². The third kappa shape index (κ3) is 3.14. The molecule has 0 aliphatic heterocycles. The number of benzene rings is 1. The number of hydrogen-bond donors (Lipinski definition) is 1. The number of nitrogens with zero attached hydrogens (tertiary/aromatic N) is 1. The highest BCUT2D eigenvalue weighted by molar-refractivity contribution is 5.69. The van der Waals surface area contributed by atoms with E-state index in [1.807, 2.05) is 0 Å². The fraction of sp³-hybridized carbons (Fsp3) is 0.167. The summed E-state index contributed by atoms with van der Waals surface area (Å²) in [5.41, 5.74) is 1.24. The second-order valence-electron chi connectivity index (χ2n) is 3.61. The Morgan fingerprint density at radius 2 is 2.06 bits per heavy atom. The summed E-state index contributed by atoms with van der Waals surface area (Å²) in [6.45, 7) is 0. The van der Waals surface area contributed by atoms with Gasteiger partial charge in [0.25, 0.3) is 0 Å². The molecule has 1 aromatic heterocycles. The molecule has 0 saturated heterocycles. The van der Waals surface area contributed by atoms with Crippen LogP contribution in [0, 0.1) is 5.82 Å². The first kappa shape index (κ1) is 11.3. The largest absolute Gasteiger partial charge is 0.481 e. The molecule has 4 nitrogen and oxygen atoms in total. The Hall–Kier alpha value is -2.17. The summed E-state index contributed by atoms with van der Waals surface area (Å²) in [6, 6.07) is 5.99. The van der Waals surface area contributed by atoms with Crippen LogP contribution in [-0.2, 0) is 17.6 Å². The number of rotatable bonds is 4. The number of carboxylic acids is 1. The van der Waals surface area contributed by atoms with Gasteiger partial charge in [0.2, 0.25) is 0 Å². The Morgan fingerprint density at radius 1 is 1.35 bits per heavy atom. The normalized spacial score (nSPS) is 10.4. The Kier molecular flexibility index (Phi) is 3.18. The average molecular weight is 235 g/mol. The third-order valence-corrected chi connectivity index (χ3v) is 2.20. The second kappa shape index (κ2) is 4.78. The van der Waals surface area contributed by atoms with Gasteiger partial charge in [0.1, 0.15) is 12.1 Å². The first-order valence-corrected chi connectivity index (χ1v) is 5.03. The Labute approximate surface area is 96.7 Å². The topological polar surface area (TPSA) is 63.3 Å². The lowest BCUT2D eigenvalue weighted by Gasteiger charge is -1.96. The average Bonchev–Trinajstić information content (AvgIpc) is 2.68. The highest BCUT2D eigenvalue weighted by Crippen LogP contribution is 2.10. The van der Waals surface area contributed by atoms with Crippen molar-refractivity contribution < 1.29 is 18.7 Å². The first-order chi connectivity index (χ1) is 8.13. The molecule has 1 heterocycles. The maximum Gasteiger partial charge on any atom is 0.309 e. The standard InChI is InChI=1S/C12H10FNO3/c13-9-3-1-8(2-4-9)5-11-14-10(7-17-11)6-12(15)16/h1-4,7H,5-6H2,(H,15,16). The maximum atomic E-state index is 12.7. The van der Waals surface area contributed by atoms with E-state index in [1.54, 1.807) is 12.1 Å². The van der Waals surface area contributed by atoms with Crippen molar-refractivity contribution in [3.8, 4) is 0 Å². The van der Waals surface area contributed by atoms with E-state index in [-0.39, 0.29) is 12.2 Å². The van der Waals surface area contributed by atoms with Gasteiger partial charge in [0.05, 0.1) is 12.1 Å². The van der Waals surface area contributed by atoms with E-state index in [9.17, 15) is 9.18 Å². The van der Waals surface area contributed by atoms with E-state index < -0.39 is 5.97 Å². The molecule has 0 saturated carbocycles. The lowest BCUT2D eigenvalue weighted by atomic mass is 10.1. The van der Waals surface area contributed by atoms with Crippen LogP contribution >= 0.6 is 0 Å². The van der Waals surface area contributed by atoms with Crippen LogP contribution in [0.5, 0.6) is 0 Å². The zero-order valence-corrected chi connectivity index (χ0v) is 8.89. The summed E-state index contributed by atoms with van der Waals surface area (Å²) >= 11 is 0. The predicted octanol–water partition coefficient (Wildman–Crippen LogP) is 2.03. The molecule has 0 aliphatic rings. The van der Waals surface area contributed by atoms with Crippen molar-refractivity contribution >= 4 is 5.97 Å². The van der Waals surface area contributed by atoms with Gasteiger partial charge in [-0.25, -0.2) is 9.37 Å². The summed E-state index contributed by atoms with van der Waals surface area (Å²) in [6.07, 6.45) is 1.58. The lowest BCUT2D eigenvalue weighted by molar-refractivity contribution is -0.136. The Bertz CT molecular complexity index is 519. The van der Waals surface area contributed by atoms with Crippen LogP contribution in [0.2, 0.25) is 0 Å². The van der Waals surface area contributed by atoms with E-state index in [4.69, 9.17) is 9.52 Å². The van der Waals surface area contributed by atoms with E-state index in [0.717, 1.165) is 5.56 Å². The van der Waals surface area contributed by atoms with Crippen LogP contribution in [-0.4, -0.2) is 16.1 Å². The van der Waals surface area contributed by atoms with E-state index in [0.29, 0.717) is 18.0 Å². The highest BCUT2D eigenvalue weighted by atomic mass is 19.1. The van der Waals surface area contributed by atoms with Crippen molar-refractivity contribution in [2.75, 3.05) is 0 Å². The molecule has 2 aromatic rings. The van der Waals surface area contributed by atoms with Crippen molar-refractivity contribution in [2.45, 2.75) is 12.8 Å². The van der Waals surface area contributed by atoms with Crippen LogP contribution < -0.4 is 0 Å². The minimum absolute atomic E-state index is 0.160. The number of carboxylic acid groups (broad SMARTS) is 1. The van der Waals surface area contributed by atoms with Crippen molar-refractivity contribution in [1.29, 1.82) is 0 Å². The maximum absolute atomic E-state index is 12.7. The number of aliphatic carboxylic acids is 1. The van der Waals surface area contributed by atoms with Crippen molar-refractivity contribution in [2.24, 2.45) is 0 Å². The lowest BCUT2D eigenvalue weighted by Crippen LogP contribution is -2.00. The zero-order chi connectivity index (χ0) is 12.3. The fourth-order valence-electron chi connectivity index (χ4n) is 1.44. The minimum atomic E-state index is -0.952. The second-order valence-corrected chi connectivity index (χ2v) is 3.61. The van der Waals surface area contributed by atoms with Crippen molar-refractivity contribution in [3.05, 3.63) is 53.5 Å². The molecular weight excluding hydrogens is 225 g/mol. The Morgan fingerprint density at radius 3 is 2.71 bits per heavy atom. The van der Waals surface area contributed by atoms with Gasteiger partial charge in [0.15, 0.2) is 5.89 Å². The first-order valence-electron chi connectivity index (χ1n) is 5.03. The van der Waals surface area contributed by atoms with Gasteiger partial charge in [0, 0.05) is 6.42 Å². The van der Waals surface area contributed by atoms with Crippen LogP contribution in [0.15, 0.2) is 34.9 Å². The summed E-state index contributed by atoms with van der Waals surface area (Å²) in [5, 5.41) is 8.57. The molecular formula is C12H10FNO3. The van der Waals surface area contributed by atoms with E-state index in [1.165, 1.54) is 18.4 Å². The summed E-state index contributed by atoms with van der Waals surface area (Å²) < 4.78 is 17.8. The minimum Gasteiger partial charge on any atom is -0.481 e. The third-order valence-electron chi connectivity index (χ3n) is 2.20. The zero-order valence-electron chi connectivity index (χ0n) is 8.89. The molecule has 0 radical (unpaired) electrons. The molecule has 0 atom stereocenters. The van der Waals surface area contributed by atoms with E-state index >= 15 is 0 Å². The number of hydrogen-bond acceptors (Lipinski definition) is 3. The Balaban J connectivity index is 2.06. The van der Waals surface area contributed by atoms with Gasteiger partial charge < -0.3 is 9.52 Å². The molecule has 0 bridgehead atoms. The van der Waals surface area contributed by atoms with Crippen LogP contribution in [0.3, 0.4) is 0 Å². The number of oxazole rings is 1. The molecule has 17 heavy (non-hydrogen) atoms. The number of carbonyl (C=O) groups is 1. The van der Waals surface area contributed by atoms with Gasteiger partial charge in [-0.3, -0.25) is 4.79 Å². The van der Waals surface area contributed by atoms with Gasteiger partial charge in [-0.05, 0) is 17.7 Å². The molecule has 88 valence electrons. The smallest absolute Gasteiger partial charge is 0.309 e. The number of aromatic nitrogens is 1. The van der Waals surface area contributed by atoms with Crippen LogP contribution in [0.1, 0.15) is 17.1 Å². The molecule has 1 aromatic carbocycles. The molecule has 0 spiro atoms. The molecule has 0 aliphatic carbocycles. The monoisotopic (exact) mass is 235 g/mol. The molecule has 1 N–H and O–H groups in total. The highest BCUT2D eigenvalue weighted by Gasteiger charge is 2.08. The van der Waals surface area contributed by atoms with Gasteiger partial charge in [-0.15, -0.1) is 0 Å². The van der Waals surface area contributed by atoms with Crippen LogP contribution in [0.4, 0.5) is 4.39 Å². The molecule has 0 amide bonds. The van der Waals surface area contributed by atoms with Gasteiger partial charge in [-0.1, -0.05) is 12.1 Å². The SMILES string of the molecule is O=C(O)Cc1coc(Cc2ccc(F)cc2)n1.